The van der Waals surface area contributed by atoms with Gasteiger partial charge in [0.15, 0.2) is 0 Å². The minimum Gasteiger partial charge on any atom is -0.355 e. The topological polar surface area (TPSA) is 46.4 Å². The number of fused-ring (bicyclic) bond motifs is 1. The van der Waals surface area contributed by atoms with Gasteiger partial charge in [0.1, 0.15) is 5.65 Å². The lowest BCUT2D eigenvalue weighted by molar-refractivity contribution is -0.120. The van der Waals surface area contributed by atoms with E-state index in [2.05, 4.69) is 26.2 Å². The van der Waals surface area contributed by atoms with E-state index in [0.717, 1.165) is 27.1 Å². The molecule has 0 aliphatic rings. The summed E-state index contributed by atoms with van der Waals surface area (Å²) in [5, 5.41) is 4.92. The molecule has 0 bridgehead atoms. The van der Waals surface area contributed by atoms with Crippen LogP contribution in [0.1, 0.15) is 10.6 Å². The van der Waals surface area contributed by atoms with Crippen LogP contribution < -0.4 is 5.32 Å². The second-order valence-electron chi connectivity index (χ2n) is 4.70. The SMILES string of the molecule is O=C(Cc1cccs1)NCCc1cn2cc(Br)ccc2n1. The van der Waals surface area contributed by atoms with Crippen LogP contribution in [-0.4, -0.2) is 21.8 Å². The molecule has 1 N–H and O–H groups in total. The van der Waals surface area contributed by atoms with Crippen molar-refractivity contribution in [1.82, 2.24) is 14.7 Å². The molecule has 0 saturated heterocycles. The molecular weight excluding hydrogens is 350 g/mol. The van der Waals surface area contributed by atoms with Crippen molar-refractivity contribution in [3.63, 3.8) is 0 Å². The number of aromatic nitrogens is 2. The van der Waals surface area contributed by atoms with Gasteiger partial charge in [0.2, 0.25) is 5.91 Å². The molecule has 0 spiro atoms. The first kappa shape index (κ1) is 14.3. The number of nitrogens with one attached hydrogen (secondary N) is 1. The van der Waals surface area contributed by atoms with Crippen molar-refractivity contribution < 1.29 is 4.79 Å². The number of halogens is 1. The van der Waals surface area contributed by atoms with Crippen molar-refractivity contribution in [3.05, 3.63) is 57.1 Å². The highest BCUT2D eigenvalue weighted by atomic mass is 79.9. The first-order valence-electron chi connectivity index (χ1n) is 6.63. The summed E-state index contributed by atoms with van der Waals surface area (Å²) in [6.07, 6.45) is 5.15. The van der Waals surface area contributed by atoms with Crippen molar-refractivity contribution in [2.45, 2.75) is 12.8 Å². The molecule has 1 amide bonds. The van der Waals surface area contributed by atoms with Gasteiger partial charge in [-0.25, -0.2) is 4.98 Å². The molecule has 3 rings (SSSR count). The maximum atomic E-state index is 11.8. The van der Waals surface area contributed by atoms with E-state index in [9.17, 15) is 4.79 Å². The van der Waals surface area contributed by atoms with Gasteiger partial charge in [0.05, 0.1) is 12.1 Å². The lowest BCUT2D eigenvalue weighted by atomic mass is 10.3. The number of rotatable bonds is 5. The fourth-order valence-electron chi connectivity index (χ4n) is 2.10. The molecule has 21 heavy (non-hydrogen) atoms. The molecule has 0 atom stereocenters. The third-order valence-electron chi connectivity index (χ3n) is 3.08. The molecule has 0 fully saturated rings. The highest BCUT2D eigenvalue weighted by Crippen LogP contribution is 2.12. The van der Waals surface area contributed by atoms with Crippen LogP contribution in [0.15, 0.2) is 46.5 Å². The second kappa shape index (κ2) is 6.41. The summed E-state index contributed by atoms with van der Waals surface area (Å²) in [5.41, 5.74) is 1.89. The fraction of sp³-hybridized carbons (Fsp3) is 0.200. The number of nitrogens with zero attached hydrogens (tertiary/aromatic N) is 2. The van der Waals surface area contributed by atoms with Crippen LogP contribution >= 0.6 is 27.3 Å². The summed E-state index contributed by atoms with van der Waals surface area (Å²) in [5.74, 6) is 0.0592. The summed E-state index contributed by atoms with van der Waals surface area (Å²) < 4.78 is 3.00. The van der Waals surface area contributed by atoms with Gasteiger partial charge in [0.25, 0.3) is 0 Å². The van der Waals surface area contributed by atoms with Crippen LogP contribution in [0, 0.1) is 0 Å². The summed E-state index contributed by atoms with van der Waals surface area (Å²) in [7, 11) is 0. The molecule has 3 aromatic rings. The van der Waals surface area contributed by atoms with E-state index in [1.54, 1.807) is 11.3 Å². The van der Waals surface area contributed by atoms with Crippen molar-refractivity contribution >= 4 is 38.8 Å². The quantitative estimate of drug-likeness (QED) is 0.757. The molecule has 0 saturated carbocycles. The molecule has 0 radical (unpaired) electrons. The molecular formula is C15H14BrN3OS. The normalized spacial score (nSPS) is 10.9. The third-order valence-corrected chi connectivity index (χ3v) is 4.43. The molecule has 0 unspecified atom stereocenters. The number of amides is 1. The molecule has 3 heterocycles. The monoisotopic (exact) mass is 363 g/mol. The van der Waals surface area contributed by atoms with Crippen LogP contribution in [0.25, 0.3) is 5.65 Å². The lowest BCUT2D eigenvalue weighted by Gasteiger charge is -2.02. The van der Waals surface area contributed by atoms with Crippen LogP contribution in [-0.2, 0) is 17.6 Å². The summed E-state index contributed by atoms with van der Waals surface area (Å²) in [4.78, 5) is 17.4. The van der Waals surface area contributed by atoms with E-state index in [0.29, 0.717) is 13.0 Å². The van der Waals surface area contributed by atoms with Gasteiger partial charge in [-0.2, -0.15) is 0 Å². The average molecular weight is 364 g/mol. The van der Waals surface area contributed by atoms with E-state index >= 15 is 0 Å². The standard InChI is InChI=1S/C15H14BrN3OS/c16-11-3-4-14-18-12(10-19(14)9-11)5-6-17-15(20)8-13-2-1-7-21-13/h1-4,7,9-10H,5-6,8H2,(H,17,20). The van der Waals surface area contributed by atoms with Crippen LogP contribution in [0.3, 0.4) is 0 Å². The van der Waals surface area contributed by atoms with Gasteiger partial charge in [-0.1, -0.05) is 6.07 Å². The van der Waals surface area contributed by atoms with Crippen molar-refractivity contribution in [3.8, 4) is 0 Å². The Kier molecular flexibility index (Phi) is 4.36. The van der Waals surface area contributed by atoms with Gasteiger partial charge in [-0.3, -0.25) is 4.79 Å². The Labute approximate surface area is 135 Å². The van der Waals surface area contributed by atoms with Crippen molar-refractivity contribution in [2.75, 3.05) is 6.54 Å². The fourth-order valence-corrected chi connectivity index (χ4v) is 3.16. The minimum absolute atomic E-state index is 0.0592. The number of pyridine rings is 1. The summed E-state index contributed by atoms with van der Waals surface area (Å²) >= 11 is 5.04. The van der Waals surface area contributed by atoms with Gasteiger partial charge < -0.3 is 9.72 Å². The Morgan fingerprint density at radius 2 is 2.24 bits per heavy atom. The van der Waals surface area contributed by atoms with Gasteiger partial charge in [0, 0.05) is 34.7 Å². The van der Waals surface area contributed by atoms with Gasteiger partial charge in [-0.15, -0.1) is 11.3 Å². The second-order valence-corrected chi connectivity index (χ2v) is 6.65. The zero-order chi connectivity index (χ0) is 14.7. The number of carbonyl (C=O) groups excluding carboxylic acids is 1. The van der Waals surface area contributed by atoms with E-state index in [-0.39, 0.29) is 5.91 Å². The van der Waals surface area contributed by atoms with E-state index in [4.69, 9.17) is 0 Å². The Hall–Kier alpha value is -1.66. The van der Waals surface area contributed by atoms with E-state index in [1.807, 2.05) is 46.4 Å². The number of hydrogen-bond acceptors (Lipinski definition) is 3. The van der Waals surface area contributed by atoms with E-state index in [1.165, 1.54) is 0 Å². The lowest BCUT2D eigenvalue weighted by Crippen LogP contribution is -2.27. The number of hydrogen-bond donors (Lipinski definition) is 1. The highest BCUT2D eigenvalue weighted by molar-refractivity contribution is 9.10. The van der Waals surface area contributed by atoms with Crippen LogP contribution in [0.2, 0.25) is 0 Å². The van der Waals surface area contributed by atoms with Crippen LogP contribution in [0.4, 0.5) is 0 Å². The molecule has 108 valence electrons. The third kappa shape index (κ3) is 3.71. The molecule has 3 aromatic heterocycles. The summed E-state index contributed by atoms with van der Waals surface area (Å²) in [6, 6.07) is 7.87. The first-order valence-corrected chi connectivity index (χ1v) is 8.30. The predicted octanol–water partition coefficient (Wildman–Crippen LogP) is 3.06. The first-order chi connectivity index (χ1) is 10.2. The number of thiophene rings is 1. The largest absolute Gasteiger partial charge is 0.355 e. The van der Waals surface area contributed by atoms with Crippen LogP contribution in [0.5, 0.6) is 0 Å². The Morgan fingerprint density at radius 1 is 1.33 bits per heavy atom. The van der Waals surface area contributed by atoms with Crippen molar-refractivity contribution in [2.24, 2.45) is 0 Å². The maximum Gasteiger partial charge on any atom is 0.225 e. The Bertz CT molecular complexity index is 751. The predicted molar refractivity (Wildman–Crippen MR) is 87.6 cm³/mol. The van der Waals surface area contributed by atoms with E-state index < -0.39 is 0 Å². The Morgan fingerprint density at radius 3 is 3.05 bits per heavy atom. The molecule has 0 aliphatic heterocycles. The Balaban J connectivity index is 1.53. The maximum absolute atomic E-state index is 11.8. The molecule has 0 aromatic carbocycles. The number of carbonyl (C=O) groups is 1. The highest BCUT2D eigenvalue weighted by Gasteiger charge is 2.05. The minimum atomic E-state index is 0.0592. The van der Waals surface area contributed by atoms with Crippen molar-refractivity contribution in [1.29, 1.82) is 0 Å². The molecule has 4 nitrogen and oxygen atoms in total. The van der Waals surface area contributed by atoms with Gasteiger partial charge in [-0.05, 0) is 39.5 Å². The zero-order valence-corrected chi connectivity index (χ0v) is 13.7. The summed E-state index contributed by atoms with van der Waals surface area (Å²) in [6.45, 7) is 0.606. The smallest absolute Gasteiger partial charge is 0.225 e. The molecule has 0 aliphatic carbocycles. The average Bonchev–Trinajstić information content (AvgIpc) is 3.07. The molecule has 6 heteroatoms. The zero-order valence-electron chi connectivity index (χ0n) is 11.3. The number of imidazole rings is 1. The van der Waals surface area contributed by atoms with Gasteiger partial charge >= 0.3 is 0 Å².